The molecule has 2 aromatic rings. The van der Waals surface area contributed by atoms with E-state index in [0.717, 1.165) is 0 Å². The van der Waals surface area contributed by atoms with Crippen molar-refractivity contribution >= 4 is 17.5 Å². The summed E-state index contributed by atoms with van der Waals surface area (Å²) in [6, 6.07) is 6.59. The van der Waals surface area contributed by atoms with Gasteiger partial charge in [-0.1, -0.05) is 6.07 Å². The van der Waals surface area contributed by atoms with Crippen molar-refractivity contribution in [1.82, 2.24) is 0 Å². The van der Waals surface area contributed by atoms with Gasteiger partial charge in [0.05, 0.1) is 34.4 Å². The average molecular weight is 406 g/mol. The Morgan fingerprint density at radius 1 is 1.00 bits per heavy atom. The van der Waals surface area contributed by atoms with Gasteiger partial charge >= 0.3 is 0 Å². The monoisotopic (exact) mass is 406 g/mol. The first-order valence-corrected chi connectivity index (χ1v) is 9.72. The molecule has 1 N–H and O–H groups in total. The van der Waals surface area contributed by atoms with Crippen LogP contribution in [-0.2, 0) is 0 Å². The van der Waals surface area contributed by atoms with E-state index < -0.39 is 11.4 Å². The van der Waals surface area contributed by atoms with E-state index in [0.29, 0.717) is 34.1 Å². The fourth-order valence-corrected chi connectivity index (χ4v) is 4.02. The second-order valence-electron chi connectivity index (χ2n) is 6.01. The quantitative estimate of drug-likeness (QED) is 0.700. The van der Waals surface area contributed by atoms with Gasteiger partial charge in [-0.2, -0.15) is 0 Å². The van der Waals surface area contributed by atoms with E-state index in [1.165, 1.54) is 40.2 Å². The van der Waals surface area contributed by atoms with Gasteiger partial charge in [-0.05, 0) is 24.5 Å². The maximum atomic E-state index is 13.4. The molecule has 0 bridgehead atoms. The van der Waals surface area contributed by atoms with Gasteiger partial charge in [-0.25, -0.2) is 0 Å². The zero-order valence-electron chi connectivity index (χ0n) is 16.3. The first-order chi connectivity index (χ1) is 13.5. The first-order valence-electron chi connectivity index (χ1n) is 8.44. The smallest absolute Gasteiger partial charge is 0.203 e. The highest BCUT2D eigenvalue weighted by Crippen LogP contribution is 2.51. The molecule has 0 radical (unpaired) electrons. The summed E-state index contributed by atoms with van der Waals surface area (Å²) < 4.78 is 27.0. The van der Waals surface area contributed by atoms with Gasteiger partial charge in [0.1, 0.15) is 0 Å². The minimum Gasteiger partial charge on any atom is -0.502 e. The lowest BCUT2D eigenvalue weighted by Crippen LogP contribution is -2.22. The Morgan fingerprint density at radius 3 is 2.11 bits per heavy atom. The van der Waals surface area contributed by atoms with Gasteiger partial charge in [0, 0.05) is 11.1 Å². The predicted octanol–water partition coefficient (Wildman–Crippen LogP) is 3.47. The van der Waals surface area contributed by atoms with Crippen LogP contribution in [0.5, 0.6) is 34.5 Å². The van der Waals surface area contributed by atoms with Gasteiger partial charge in [0.25, 0.3) is 0 Å². The molecule has 3 rings (SSSR count). The van der Waals surface area contributed by atoms with Crippen LogP contribution in [0.25, 0.3) is 0 Å². The van der Waals surface area contributed by atoms with Gasteiger partial charge in [-0.15, -0.1) is 11.8 Å². The highest BCUT2D eigenvalue weighted by molar-refractivity contribution is 7.99. The molecular weight excluding hydrogens is 384 g/mol. The number of ketones is 1. The number of methoxy groups -OCH3 is 4. The van der Waals surface area contributed by atoms with E-state index >= 15 is 0 Å². The number of fused-ring (bicyclic) bond motifs is 1. The summed E-state index contributed by atoms with van der Waals surface area (Å²) in [5.41, 5.74) is 0.515. The number of hydrogen-bond acceptors (Lipinski definition) is 8. The van der Waals surface area contributed by atoms with Gasteiger partial charge in [0.15, 0.2) is 34.2 Å². The van der Waals surface area contributed by atoms with Crippen molar-refractivity contribution in [2.45, 2.75) is 11.4 Å². The molecule has 0 saturated heterocycles. The van der Waals surface area contributed by atoms with Crippen LogP contribution in [0.1, 0.15) is 21.8 Å². The fourth-order valence-electron chi connectivity index (χ4n) is 3.28. The minimum absolute atomic E-state index is 0.112. The Labute approximate surface area is 167 Å². The van der Waals surface area contributed by atoms with Gasteiger partial charge in [0.2, 0.25) is 11.5 Å². The van der Waals surface area contributed by atoms with Crippen molar-refractivity contribution in [1.29, 1.82) is 0 Å². The molecule has 8 heteroatoms. The van der Waals surface area contributed by atoms with Crippen molar-refractivity contribution in [2.24, 2.45) is 0 Å². The van der Waals surface area contributed by atoms with Crippen LogP contribution in [0, 0.1) is 0 Å². The summed E-state index contributed by atoms with van der Waals surface area (Å²) in [4.78, 5) is 13.4. The van der Waals surface area contributed by atoms with Crippen molar-refractivity contribution in [3.63, 3.8) is 0 Å². The molecule has 0 spiro atoms. The van der Waals surface area contributed by atoms with Gasteiger partial charge in [-0.3, -0.25) is 4.79 Å². The Morgan fingerprint density at radius 2 is 1.61 bits per heavy atom. The summed E-state index contributed by atoms with van der Waals surface area (Å²) in [6.45, 7) is 0. The second kappa shape index (κ2) is 8.10. The first kappa shape index (κ1) is 20.0. The highest BCUT2D eigenvalue weighted by atomic mass is 32.2. The largest absolute Gasteiger partial charge is 0.502 e. The third kappa shape index (κ3) is 3.17. The molecule has 1 aliphatic rings. The second-order valence-corrected chi connectivity index (χ2v) is 6.95. The molecular formula is C20H22O7S. The van der Waals surface area contributed by atoms with E-state index in [2.05, 4.69) is 0 Å². The van der Waals surface area contributed by atoms with E-state index in [4.69, 9.17) is 23.7 Å². The number of phenols is 1. The summed E-state index contributed by atoms with van der Waals surface area (Å²) in [5.74, 6) is 0.855. The third-order valence-electron chi connectivity index (χ3n) is 4.65. The number of thioether (sulfide) groups is 1. The molecule has 0 saturated carbocycles. The van der Waals surface area contributed by atoms with Crippen molar-refractivity contribution < 1.29 is 33.6 Å². The number of rotatable bonds is 7. The number of ether oxygens (including phenoxy) is 5. The van der Waals surface area contributed by atoms with E-state index in [-0.39, 0.29) is 17.3 Å². The number of hydrogen-bond donors (Lipinski definition) is 1. The topological polar surface area (TPSA) is 83.5 Å². The Kier molecular flexibility index (Phi) is 5.79. The van der Waals surface area contributed by atoms with Crippen molar-refractivity contribution in [3.05, 3.63) is 35.4 Å². The Bertz CT molecular complexity index is 871. The molecule has 2 aromatic carbocycles. The van der Waals surface area contributed by atoms with Crippen LogP contribution in [0.2, 0.25) is 0 Å². The fraction of sp³-hybridized carbons (Fsp3) is 0.350. The number of carbonyl (C=O) groups is 1. The molecule has 1 aliphatic heterocycles. The molecule has 2 atom stereocenters. The van der Waals surface area contributed by atoms with E-state index in [1.807, 2.05) is 6.26 Å². The predicted molar refractivity (Wildman–Crippen MR) is 106 cm³/mol. The molecule has 0 fully saturated rings. The van der Waals surface area contributed by atoms with E-state index in [9.17, 15) is 9.90 Å². The van der Waals surface area contributed by atoms with Crippen LogP contribution >= 0.6 is 11.8 Å². The lowest BCUT2D eigenvalue weighted by molar-refractivity contribution is 0.0936. The summed E-state index contributed by atoms with van der Waals surface area (Å²) >= 11 is 1.39. The summed E-state index contributed by atoms with van der Waals surface area (Å²) in [5, 5.41) is 10.4. The van der Waals surface area contributed by atoms with Crippen molar-refractivity contribution in [3.8, 4) is 34.5 Å². The van der Waals surface area contributed by atoms with Crippen LogP contribution in [0.15, 0.2) is 24.3 Å². The maximum absolute atomic E-state index is 13.4. The number of aromatic hydroxyl groups is 1. The molecule has 0 aromatic heterocycles. The Balaban J connectivity index is 2.09. The van der Waals surface area contributed by atoms with Crippen LogP contribution in [-0.4, -0.2) is 51.0 Å². The van der Waals surface area contributed by atoms with Crippen LogP contribution < -0.4 is 23.7 Å². The molecule has 7 nitrogen and oxygen atoms in total. The molecule has 1 heterocycles. The molecule has 0 amide bonds. The number of phenolic OH excluding ortho intramolecular Hbond substituents is 1. The molecule has 0 aliphatic carbocycles. The lowest BCUT2D eigenvalue weighted by Gasteiger charge is -2.18. The minimum atomic E-state index is -0.607. The van der Waals surface area contributed by atoms with Gasteiger partial charge < -0.3 is 28.8 Å². The summed E-state index contributed by atoms with van der Waals surface area (Å²) in [7, 11) is 5.95. The SMILES string of the molecule is COc1ccc2c(c1O)OC(SC)C2C(=O)c1cc(OC)c(OC)c(OC)c1. The summed E-state index contributed by atoms with van der Waals surface area (Å²) in [6.07, 6.45) is 1.85. The number of carbonyl (C=O) groups excluding carboxylic acids is 1. The zero-order chi connectivity index (χ0) is 20.4. The van der Waals surface area contributed by atoms with Crippen LogP contribution in [0.4, 0.5) is 0 Å². The number of Topliss-reactive ketones (excluding diaryl/α,β-unsaturated/α-hetero) is 1. The molecule has 150 valence electrons. The molecule has 28 heavy (non-hydrogen) atoms. The maximum Gasteiger partial charge on any atom is 0.203 e. The van der Waals surface area contributed by atoms with Crippen molar-refractivity contribution in [2.75, 3.05) is 34.7 Å². The zero-order valence-corrected chi connectivity index (χ0v) is 17.1. The van der Waals surface area contributed by atoms with Crippen LogP contribution in [0.3, 0.4) is 0 Å². The normalized spacial score (nSPS) is 17.5. The highest BCUT2D eigenvalue weighted by Gasteiger charge is 2.42. The number of benzene rings is 2. The Hall–Kier alpha value is -2.74. The lowest BCUT2D eigenvalue weighted by atomic mass is 9.91. The van der Waals surface area contributed by atoms with E-state index in [1.54, 1.807) is 24.3 Å². The third-order valence-corrected chi connectivity index (χ3v) is 5.48. The molecule has 2 unspecified atom stereocenters. The average Bonchev–Trinajstić information content (AvgIpc) is 3.11. The standard InChI is InChI=1S/C20H22O7S/c1-23-12-7-6-11-15(20(28-5)27-18(11)17(12)22)16(21)10-8-13(24-2)19(26-4)14(9-10)25-3/h6-9,15,20,22H,1-5H3.